The van der Waals surface area contributed by atoms with E-state index in [4.69, 9.17) is 9.56 Å². The minimum Gasteiger partial charge on any atom is -0.469 e. The van der Waals surface area contributed by atoms with Gasteiger partial charge < -0.3 is 4.42 Å². The second-order valence-electron chi connectivity index (χ2n) is 2.85. The second-order valence-corrected chi connectivity index (χ2v) is 4.17. The van der Waals surface area contributed by atoms with E-state index in [1.165, 1.54) is 0 Å². The Labute approximate surface area is 77.1 Å². The van der Waals surface area contributed by atoms with Crippen molar-refractivity contribution in [3.8, 4) is 0 Å². The van der Waals surface area contributed by atoms with Gasteiger partial charge in [-0.2, -0.15) is 13.1 Å². The summed E-state index contributed by atoms with van der Waals surface area (Å²) >= 11 is 0. The van der Waals surface area contributed by atoms with E-state index in [0.29, 0.717) is 6.42 Å². The van der Waals surface area contributed by atoms with Gasteiger partial charge in [-0.1, -0.05) is 0 Å². The van der Waals surface area contributed by atoms with Crippen molar-refractivity contribution in [2.45, 2.75) is 19.4 Å². The molecule has 1 unspecified atom stereocenters. The van der Waals surface area contributed by atoms with Gasteiger partial charge in [-0.25, -0.2) is 5.14 Å². The molecule has 74 valence electrons. The van der Waals surface area contributed by atoms with Gasteiger partial charge in [0.15, 0.2) is 0 Å². The van der Waals surface area contributed by atoms with E-state index in [0.717, 1.165) is 5.76 Å². The molecule has 0 radical (unpaired) electrons. The van der Waals surface area contributed by atoms with Gasteiger partial charge in [0.05, 0.1) is 6.26 Å². The van der Waals surface area contributed by atoms with Crippen LogP contribution in [0.25, 0.3) is 0 Å². The molecule has 3 N–H and O–H groups in total. The number of nitrogens with one attached hydrogen (secondary N) is 1. The first-order valence-corrected chi connectivity index (χ1v) is 5.34. The second kappa shape index (κ2) is 3.91. The van der Waals surface area contributed by atoms with E-state index in [-0.39, 0.29) is 6.04 Å². The van der Waals surface area contributed by atoms with Gasteiger partial charge >= 0.3 is 0 Å². The lowest BCUT2D eigenvalue weighted by atomic mass is 10.2. The lowest BCUT2D eigenvalue weighted by Gasteiger charge is -2.09. The van der Waals surface area contributed by atoms with Crippen molar-refractivity contribution in [3.05, 3.63) is 24.2 Å². The molecule has 0 amide bonds. The molecule has 0 spiro atoms. The average molecular weight is 204 g/mol. The van der Waals surface area contributed by atoms with E-state index in [1.54, 1.807) is 25.3 Å². The first kappa shape index (κ1) is 10.2. The SMILES string of the molecule is CC(Cc1ccco1)NS(N)(=O)=O. The standard InChI is InChI=1S/C7H12N2O3S/c1-6(9-13(8,10)11)5-7-3-2-4-12-7/h2-4,6,9H,5H2,1H3,(H2,8,10,11). The van der Waals surface area contributed by atoms with Crippen molar-refractivity contribution in [2.75, 3.05) is 0 Å². The van der Waals surface area contributed by atoms with Gasteiger partial charge in [0.1, 0.15) is 5.76 Å². The number of rotatable bonds is 4. The zero-order chi connectivity index (χ0) is 9.90. The summed E-state index contributed by atoms with van der Waals surface area (Å²) in [6.45, 7) is 1.72. The highest BCUT2D eigenvalue weighted by Gasteiger charge is 2.10. The van der Waals surface area contributed by atoms with Crippen LogP contribution < -0.4 is 9.86 Å². The summed E-state index contributed by atoms with van der Waals surface area (Å²) in [5.74, 6) is 0.726. The van der Waals surface area contributed by atoms with Crippen LogP contribution in [0.4, 0.5) is 0 Å². The van der Waals surface area contributed by atoms with Crippen LogP contribution in [0, 0.1) is 0 Å². The lowest BCUT2D eigenvalue weighted by molar-refractivity contribution is 0.479. The third-order valence-corrected chi connectivity index (χ3v) is 2.18. The van der Waals surface area contributed by atoms with Gasteiger partial charge in [0.2, 0.25) is 0 Å². The molecule has 6 heteroatoms. The van der Waals surface area contributed by atoms with E-state index in [1.807, 2.05) is 0 Å². The van der Waals surface area contributed by atoms with Crippen LogP contribution in [0.2, 0.25) is 0 Å². The Bertz CT molecular complexity index is 344. The molecule has 0 fully saturated rings. The quantitative estimate of drug-likeness (QED) is 0.724. The fourth-order valence-electron chi connectivity index (χ4n) is 1.05. The first-order valence-electron chi connectivity index (χ1n) is 3.80. The van der Waals surface area contributed by atoms with E-state index in [9.17, 15) is 8.42 Å². The predicted octanol–water partition coefficient (Wildman–Crippen LogP) is 0.00370. The molecule has 1 rings (SSSR count). The minimum atomic E-state index is -3.62. The van der Waals surface area contributed by atoms with Crippen molar-refractivity contribution >= 4 is 10.2 Å². The van der Waals surface area contributed by atoms with E-state index >= 15 is 0 Å². The van der Waals surface area contributed by atoms with Gasteiger partial charge in [-0.05, 0) is 19.1 Å². The number of hydrogen-bond acceptors (Lipinski definition) is 3. The molecule has 0 aromatic carbocycles. The summed E-state index contributed by atoms with van der Waals surface area (Å²) < 4.78 is 28.5. The van der Waals surface area contributed by atoms with Crippen molar-refractivity contribution in [2.24, 2.45) is 5.14 Å². The zero-order valence-corrected chi connectivity index (χ0v) is 8.04. The molecule has 1 aromatic heterocycles. The highest BCUT2D eigenvalue weighted by atomic mass is 32.2. The summed E-state index contributed by atoms with van der Waals surface area (Å²) in [7, 11) is -3.62. The molecule has 0 saturated heterocycles. The predicted molar refractivity (Wildman–Crippen MR) is 48.1 cm³/mol. The molecule has 1 aromatic rings. The third-order valence-electron chi connectivity index (χ3n) is 1.45. The van der Waals surface area contributed by atoms with Crippen LogP contribution in [-0.4, -0.2) is 14.5 Å². The highest BCUT2D eigenvalue weighted by molar-refractivity contribution is 7.87. The number of furan rings is 1. The molecule has 0 saturated carbocycles. The summed E-state index contributed by atoms with van der Waals surface area (Å²) in [6.07, 6.45) is 2.03. The van der Waals surface area contributed by atoms with Crippen LogP contribution in [-0.2, 0) is 16.6 Å². The Balaban J connectivity index is 2.47. The van der Waals surface area contributed by atoms with Crippen LogP contribution in [0.3, 0.4) is 0 Å². The Kier molecular flexibility index (Phi) is 3.07. The molecule has 13 heavy (non-hydrogen) atoms. The molecule has 0 aliphatic carbocycles. The van der Waals surface area contributed by atoms with E-state index in [2.05, 4.69) is 4.72 Å². The zero-order valence-electron chi connectivity index (χ0n) is 7.23. The molecule has 0 aliphatic heterocycles. The topological polar surface area (TPSA) is 85.3 Å². The fourth-order valence-corrected chi connectivity index (χ4v) is 1.70. The van der Waals surface area contributed by atoms with Crippen LogP contribution in [0.5, 0.6) is 0 Å². The largest absolute Gasteiger partial charge is 0.469 e. The molecule has 1 heterocycles. The smallest absolute Gasteiger partial charge is 0.274 e. The summed E-state index contributed by atoms with van der Waals surface area (Å²) in [6, 6.07) is 3.27. The van der Waals surface area contributed by atoms with Crippen molar-refractivity contribution in [1.29, 1.82) is 0 Å². The Hall–Kier alpha value is -0.850. The van der Waals surface area contributed by atoms with Crippen molar-refractivity contribution < 1.29 is 12.8 Å². The average Bonchev–Trinajstić information content (AvgIpc) is 2.34. The summed E-state index contributed by atoms with van der Waals surface area (Å²) in [4.78, 5) is 0. The van der Waals surface area contributed by atoms with Gasteiger partial charge in [-0.15, -0.1) is 0 Å². The highest BCUT2D eigenvalue weighted by Crippen LogP contribution is 2.03. The normalized spacial score (nSPS) is 14.3. The maximum Gasteiger partial charge on any atom is 0.274 e. The monoisotopic (exact) mass is 204 g/mol. The van der Waals surface area contributed by atoms with Crippen LogP contribution in [0.1, 0.15) is 12.7 Å². The fraction of sp³-hybridized carbons (Fsp3) is 0.429. The lowest BCUT2D eigenvalue weighted by Crippen LogP contribution is -2.38. The minimum absolute atomic E-state index is 0.263. The molecular weight excluding hydrogens is 192 g/mol. The van der Waals surface area contributed by atoms with Crippen molar-refractivity contribution in [1.82, 2.24) is 4.72 Å². The first-order chi connectivity index (χ1) is 5.97. The Morgan fingerprint density at radius 1 is 1.69 bits per heavy atom. The molecule has 0 aliphatic rings. The summed E-state index contributed by atoms with van der Waals surface area (Å²) in [5.41, 5.74) is 0. The van der Waals surface area contributed by atoms with Gasteiger partial charge in [0.25, 0.3) is 10.2 Å². The molecule has 1 atom stereocenters. The van der Waals surface area contributed by atoms with Gasteiger partial charge in [-0.3, -0.25) is 0 Å². The maximum absolute atomic E-state index is 10.6. The Morgan fingerprint density at radius 3 is 2.85 bits per heavy atom. The third kappa shape index (κ3) is 4.07. The van der Waals surface area contributed by atoms with Crippen LogP contribution in [0.15, 0.2) is 22.8 Å². The molecular formula is C7H12N2O3S. The molecule has 0 bridgehead atoms. The van der Waals surface area contributed by atoms with Gasteiger partial charge in [0, 0.05) is 12.5 Å². The van der Waals surface area contributed by atoms with Crippen LogP contribution >= 0.6 is 0 Å². The maximum atomic E-state index is 10.6. The van der Waals surface area contributed by atoms with E-state index < -0.39 is 10.2 Å². The molecule has 5 nitrogen and oxygen atoms in total. The van der Waals surface area contributed by atoms with Crippen molar-refractivity contribution in [3.63, 3.8) is 0 Å². The summed E-state index contributed by atoms with van der Waals surface area (Å²) in [5, 5.41) is 4.80. The Morgan fingerprint density at radius 2 is 2.38 bits per heavy atom. The number of hydrogen-bond donors (Lipinski definition) is 2. The number of nitrogens with two attached hydrogens (primary N) is 1.